The minimum Gasteiger partial charge on any atom is -0.494 e. The topological polar surface area (TPSA) is 129 Å². The molecule has 0 aliphatic rings. The average molecular weight is 492 g/mol. The first-order chi connectivity index (χ1) is 17.4. The Balaban J connectivity index is 1.65. The van der Waals surface area contributed by atoms with Crippen LogP contribution in [-0.2, 0) is 0 Å². The molecule has 10 nitrogen and oxygen atoms in total. The molecule has 0 radical (unpaired) electrons. The molecule has 3 rings (SSSR count). The molecule has 10 heteroatoms. The fourth-order valence-electron chi connectivity index (χ4n) is 2.99. The number of nitrogens with one attached hydrogen (secondary N) is 1. The van der Waals surface area contributed by atoms with E-state index in [-0.39, 0.29) is 17.0 Å². The van der Waals surface area contributed by atoms with Gasteiger partial charge < -0.3 is 14.2 Å². The quantitative estimate of drug-likeness (QED) is 0.134. The van der Waals surface area contributed by atoms with Crippen LogP contribution in [0.25, 0.3) is 0 Å². The molecule has 1 amide bonds. The van der Waals surface area contributed by atoms with Crippen LogP contribution in [0.1, 0.15) is 46.5 Å². The number of hydrogen-bond acceptors (Lipinski definition) is 8. The third kappa shape index (κ3) is 7.13. The van der Waals surface area contributed by atoms with Crippen LogP contribution in [-0.4, -0.2) is 36.2 Å². The molecule has 3 aromatic carbocycles. The first-order valence-corrected chi connectivity index (χ1v) is 11.2. The maximum atomic E-state index is 12.6. The number of carbonyl (C=O) groups excluding carboxylic acids is 2. The van der Waals surface area contributed by atoms with Crippen molar-refractivity contribution < 1.29 is 28.7 Å². The number of nitro benzene ring substituents is 1. The zero-order valence-electron chi connectivity index (χ0n) is 19.8. The molecule has 0 aliphatic heterocycles. The van der Waals surface area contributed by atoms with Gasteiger partial charge in [-0.25, -0.2) is 10.2 Å². The van der Waals surface area contributed by atoms with Crippen LogP contribution >= 0.6 is 0 Å². The van der Waals surface area contributed by atoms with Crippen molar-refractivity contribution in [1.29, 1.82) is 0 Å². The Labute approximate surface area is 207 Å². The van der Waals surface area contributed by atoms with E-state index in [0.29, 0.717) is 35.8 Å². The van der Waals surface area contributed by atoms with E-state index in [1.54, 1.807) is 49.4 Å². The van der Waals surface area contributed by atoms with Gasteiger partial charge in [0.15, 0.2) is 11.5 Å². The molecule has 1 N–H and O–H groups in total. The van der Waals surface area contributed by atoms with Gasteiger partial charge in [-0.05, 0) is 73.5 Å². The van der Waals surface area contributed by atoms with Crippen LogP contribution in [0, 0.1) is 10.1 Å². The maximum Gasteiger partial charge on any atom is 0.343 e. The van der Waals surface area contributed by atoms with Gasteiger partial charge in [0.25, 0.3) is 11.6 Å². The molecule has 0 unspecified atom stereocenters. The normalized spacial score (nSPS) is 10.6. The Morgan fingerprint density at radius 3 is 2.28 bits per heavy atom. The molecule has 0 saturated carbocycles. The zero-order valence-corrected chi connectivity index (χ0v) is 19.8. The van der Waals surface area contributed by atoms with E-state index in [0.717, 1.165) is 6.42 Å². The Morgan fingerprint density at radius 2 is 1.64 bits per heavy atom. The van der Waals surface area contributed by atoms with Crippen molar-refractivity contribution in [3.63, 3.8) is 0 Å². The Bertz CT molecular complexity index is 1240. The van der Waals surface area contributed by atoms with Crippen molar-refractivity contribution in [2.75, 3.05) is 13.2 Å². The Hall–Kier alpha value is -4.73. The SMILES string of the molecule is CCCOc1ccc(C(=O)Oc2ccc(/C=N/NC(=O)c3ccc([N+](=O)[O-])cc3)cc2OCC)cc1. The van der Waals surface area contributed by atoms with Crippen LogP contribution in [0.4, 0.5) is 5.69 Å². The summed E-state index contributed by atoms with van der Waals surface area (Å²) in [7, 11) is 0. The molecule has 0 aliphatic carbocycles. The second kappa shape index (κ2) is 12.7. The second-order valence-electron chi connectivity index (χ2n) is 7.40. The van der Waals surface area contributed by atoms with Gasteiger partial charge in [0.1, 0.15) is 5.75 Å². The van der Waals surface area contributed by atoms with Crippen molar-refractivity contribution >= 4 is 23.8 Å². The van der Waals surface area contributed by atoms with E-state index in [1.807, 2.05) is 6.92 Å². The number of esters is 1. The van der Waals surface area contributed by atoms with Gasteiger partial charge in [-0.3, -0.25) is 14.9 Å². The number of carbonyl (C=O) groups is 2. The maximum absolute atomic E-state index is 12.6. The predicted molar refractivity (Wildman–Crippen MR) is 133 cm³/mol. The number of ether oxygens (including phenoxy) is 3. The molecule has 186 valence electrons. The first kappa shape index (κ1) is 25.9. The third-order valence-corrected chi connectivity index (χ3v) is 4.75. The highest BCUT2D eigenvalue weighted by molar-refractivity contribution is 5.95. The minimum absolute atomic E-state index is 0.114. The van der Waals surface area contributed by atoms with Crippen molar-refractivity contribution in [2.24, 2.45) is 5.10 Å². The number of rotatable bonds is 11. The molecule has 36 heavy (non-hydrogen) atoms. The van der Waals surface area contributed by atoms with Gasteiger partial charge in [-0.2, -0.15) is 5.10 Å². The molecule has 0 heterocycles. The van der Waals surface area contributed by atoms with Crippen LogP contribution in [0.3, 0.4) is 0 Å². The van der Waals surface area contributed by atoms with Crippen LogP contribution in [0.5, 0.6) is 17.2 Å². The number of non-ortho nitro benzene ring substituents is 1. The lowest BCUT2D eigenvalue weighted by Crippen LogP contribution is -2.17. The van der Waals surface area contributed by atoms with Crippen molar-refractivity contribution in [1.82, 2.24) is 5.43 Å². The third-order valence-electron chi connectivity index (χ3n) is 4.75. The van der Waals surface area contributed by atoms with E-state index in [9.17, 15) is 19.7 Å². The summed E-state index contributed by atoms with van der Waals surface area (Å²) < 4.78 is 16.6. The fourth-order valence-corrected chi connectivity index (χ4v) is 2.99. The van der Waals surface area contributed by atoms with Gasteiger partial charge in [-0.15, -0.1) is 0 Å². The van der Waals surface area contributed by atoms with Crippen LogP contribution in [0.15, 0.2) is 71.8 Å². The first-order valence-electron chi connectivity index (χ1n) is 11.2. The predicted octanol–water partition coefficient (Wildman–Crippen LogP) is 4.77. The molecule has 0 bridgehead atoms. The van der Waals surface area contributed by atoms with E-state index >= 15 is 0 Å². The summed E-state index contributed by atoms with van der Waals surface area (Å²) in [6.07, 6.45) is 2.28. The molecule has 0 fully saturated rings. The van der Waals surface area contributed by atoms with Crippen LogP contribution in [0.2, 0.25) is 0 Å². The molecule has 3 aromatic rings. The molecule has 0 aromatic heterocycles. The van der Waals surface area contributed by atoms with E-state index in [1.165, 1.54) is 30.5 Å². The fraction of sp³-hybridized carbons (Fsp3) is 0.192. The van der Waals surface area contributed by atoms with E-state index in [4.69, 9.17) is 14.2 Å². The number of hydrazone groups is 1. The average Bonchev–Trinajstić information content (AvgIpc) is 2.89. The summed E-state index contributed by atoms with van der Waals surface area (Å²) in [5.74, 6) is 0.171. The van der Waals surface area contributed by atoms with E-state index in [2.05, 4.69) is 10.5 Å². The summed E-state index contributed by atoms with van der Waals surface area (Å²) in [5.41, 5.74) is 3.41. The lowest BCUT2D eigenvalue weighted by Gasteiger charge is -2.12. The number of benzene rings is 3. The summed E-state index contributed by atoms with van der Waals surface area (Å²) >= 11 is 0. The summed E-state index contributed by atoms with van der Waals surface area (Å²) in [6.45, 7) is 4.74. The molecular formula is C26H25N3O7. The molecule has 0 saturated heterocycles. The summed E-state index contributed by atoms with van der Waals surface area (Å²) in [4.78, 5) is 35.0. The van der Waals surface area contributed by atoms with Gasteiger partial charge in [0.05, 0.1) is 29.9 Å². The molecular weight excluding hydrogens is 466 g/mol. The highest BCUT2D eigenvalue weighted by Gasteiger charge is 2.14. The van der Waals surface area contributed by atoms with Gasteiger partial charge >= 0.3 is 5.97 Å². The van der Waals surface area contributed by atoms with Crippen molar-refractivity contribution in [3.8, 4) is 17.2 Å². The highest BCUT2D eigenvalue weighted by atomic mass is 16.6. The van der Waals surface area contributed by atoms with E-state index < -0.39 is 16.8 Å². The number of nitro groups is 1. The van der Waals surface area contributed by atoms with Gasteiger partial charge in [0, 0.05) is 17.7 Å². The van der Waals surface area contributed by atoms with Gasteiger partial charge in [-0.1, -0.05) is 6.92 Å². The molecule has 0 spiro atoms. The van der Waals surface area contributed by atoms with Crippen molar-refractivity contribution in [2.45, 2.75) is 20.3 Å². The van der Waals surface area contributed by atoms with Crippen molar-refractivity contribution in [3.05, 3.63) is 93.5 Å². The number of nitrogens with zero attached hydrogens (tertiary/aromatic N) is 2. The zero-order chi connectivity index (χ0) is 25.9. The summed E-state index contributed by atoms with van der Waals surface area (Å²) in [6, 6.07) is 16.7. The minimum atomic E-state index is -0.547. The highest BCUT2D eigenvalue weighted by Crippen LogP contribution is 2.29. The number of amides is 1. The summed E-state index contributed by atoms with van der Waals surface area (Å²) in [5, 5.41) is 14.6. The van der Waals surface area contributed by atoms with Gasteiger partial charge in [0.2, 0.25) is 0 Å². The Morgan fingerprint density at radius 1 is 0.944 bits per heavy atom. The van der Waals surface area contributed by atoms with Crippen LogP contribution < -0.4 is 19.6 Å². The largest absolute Gasteiger partial charge is 0.494 e. The smallest absolute Gasteiger partial charge is 0.343 e. The lowest BCUT2D eigenvalue weighted by molar-refractivity contribution is -0.384. The monoisotopic (exact) mass is 491 g/mol. The number of hydrogen-bond donors (Lipinski definition) is 1. The molecule has 0 atom stereocenters. The Kier molecular flexibility index (Phi) is 9.10. The lowest BCUT2D eigenvalue weighted by atomic mass is 10.2. The standard InChI is InChI=1S/C26H25N3O7/c1-3-15-35-22-12-8-20(9-13-22)26(31)36-23-14-5-18(16-24(23)34-4-2)17-27-28-25(30)19-6-10-21(11-7-19)29(32)33/h5-14,16-17H,3-4,15H2,1-2H3,(H,28,30)/b27-17+. The second-order valence-corrected chi connectivity index (χ2v) is 7.40.